The monoisotopic (exact) mass is 237 g/mol. The molecule has 0 saturated heterocycles. The maximum Gasteiger partial charge on any atom is 0.412 e. The van der Waals surface area contributed by atoms with Crippen LogP contribution in [0.5, 0.6) is 0 Å². The summed E-state index contributed by atoms with van der Waals surface area (Å²) in [6, 6.07) is 5.49. The number of anilines is 1. The van der Waals surface area contributed by atoms with E-state index in [4.69, 9.17) is 16.3 Å². The van der Waals surface area contributed by atoms with E-state index in [1.165, 1.54) is 0 Å². The van der Waals surface area contributed by atoms with Gasteiger partial charge in [0.2, 0.25) is 0 Å². The van der Waals surface area contributed by atoms with E-state index in [1.54, 1.807) is 6.07 Å². The lowest BCUT2D eigenvalue weighted by molar-refractivity contribution is 0.00834. The first-order valence-electron chi connectivity index (χ1n) is 5.39. The van der Waals surface area contributed by atoms with Crippen molar-refractivity contribution in [1.29, 1.82) is 0 Å². The topological polar surface area (TPSA) is 38.3 Å². The highest BCUT2D eigenvalue weighted by Crippen LogP contribution is 2.51. The summed E-state index contributed by atoms with van der Waals surface area (Å²) < 4.78 is 5.47. The first-order chi connectivity index (χ1) is 7.59. The van der Waals surface area contributed by atoms with Gasteiger partial charge in [-0.2, -0.15) is 0 Å². The lowest BCUT2D eigenvalue weighted by atomic mass is 9.88. The van der Waals surface area contributed by atoms with E-state index >= 15 is 0 Å². The fourth-order valence-electron chi connectivity index (χ4n) is 2.36. The predicted octanol–water partition coefficient (Wildman–Crippen LogP) is 3.53. The van der Waals surface area contributed by atoms with Crippen molar-refractivity contribution in [3.63, 3.8) is 0 Å². The van der Waals surface area contributed by atoms with Gasteiger partial charge in [-0.05, 0) is 38.0 Å². The molecule has 1 saturated carbocycles. The van der Waals surface area contributed by atoms with Crippen molar-refractivity contribution in [2.75, 3.05) is 5.32 Å². The summed E-state index contributed by atoms with van der Waals surface area (Å²) in [6.07, 6.45) is 1.84. The minimum atomic E-state index is -0.511. The Morgan fingerprint density at radius 1 is 1.50 bits per heavy atom. The Labute approximate surface area is 98.7 Å². The molecule has 1 aliphatic heterocycles. The van der Waals surface area contributed by atoms with Crippen LogP contribution in [0, 0.1) is 5.92 Å². The van der Waals surface area contributed by atoms with Crippen LogP contribution in [0.4, 0.5) is 10.5 Å². The van der Waals surface area contributed by atoms with Crippen LogP contribution in [0.1, 0.15) is 25.3 Å². The van der Waals surface area contributed by atoms with Crippen LogP contribution in [0.25, 0.3) is 0 Å². The Morgan fingerprint density at radius 3 is 2.94 bits per heavy atom. The molecule has 2 aliphatic rings. The van der Waals surface area contributed by atoms with Gasteiger partial charge in [-0.25, -0.2) is 4.79 Å². The lowest BCUT2D eigenvalue weighted by Crippen LogP contribution is -2.38. The standard InChI is InChI=1S/C12H12ClNO2/c1-12(7-2-3-7)9-6-8(13)4-5-10(9)14-11(15)16-12/h4-7H,2-3H2,1H3,(H,14,15). The molecule has 1 heterocycles. The number of hydrogen-bond donors (Lipinski definition) is 1. The number of nitrogens with one attached hydrogen (secondary N) is 1. The number of rotatable bonds is 1. The van der Waals surface area contributed by atoms with E-state index in [-0.39, 0.29) is 6.09 Å². The van der Waals surface area contributed by atoms with Gasteiger partial charge in [0.05, 0.1) is 5.69 Å². The van der Waals surface area contributed by atoms with Crippen LogP contribution in [-0.4, -0.2) is 6.09 Å². The zero-order valence-electron chi connectivity index (χ0n) is 8.92. The maximum absolute atomic E-state index is 11.5. The van der Waals surface area contributed by atoms with Crippen molar-refractivity contribution in [2.45, 2.75) is 25.4 Å². The SMILES string of the molecule is CC1(C2CC2)OC(=O)Nc2ccc(Cl)cc21. The summed E-state index contributed by atoms with van der Waals surface area (Å²) in [5, 5.41) is 3.38. The van der Waals surface area contributed by atoms with Gasteiger partial charge in [0.25, 0.3) is 0 Å². The quantitative estimate of drug-likeness (QED) is 0.812. The number of amides is 1. The molecule has 1 aromatic rings. The van der Waals surface area contributed by atoms with Crippen LogP contribution >= 0.6 is 11.6 Å². The minimum Gasteiger partial charge on any atom is -0.438 e. The fourth-order valence-corrected chi connectivity index (χ4v) is 2.53. The Bertz CT molecular complexity index is 470. The molecule has 4 heteroatoms. The molecule has 1 atom stereocenters. The van der Waals surface area contributed by atoms with E-state index in [2.05, 4.69) is 5.32 Å². The molecule has 1 fully saturated rings. The molecule has 0 aromatic heterocycles. The van der Waals surface area contributed by atoms with Crippen LogP contribution in [0.15, 0.2) is 18.2 Å². The Hall–Kier alpha value is -1.22. The van der Waals surface area contributed by atoms with Crippen molar-refractivity contribution < 1.29 is 9.53 Å². The van der Waals surface area contributed by atoms with Crippen LogP contribution in [-0.2, 0) is 10.3 Å². The van der Waals surface area contributed by atoms with Gasteiger partial charge in [-0.1, -0.05) is 11.6 Å². The summed E-state index contributed by atoms with van der Waals surface area (Å²) in [5.41, 5.74) is 1.29. The number of hydrogen-bond acceptors (Lipinski definition) is 2. The van der Waals surface area contributed by atoms with Crippen LogP contribution in [0.2, 0.25) is 5.02 Å². The van der Waals surface area contributed by atoms with Crippen molar-refractivity contribution in [3.8, 4) is 0 Å². The highest BCUT2D eigenvalue weighted by atomic mass is 35.5. The van der Waals surface area contributed by atoms with Crippen molar-refractivity contribution in [2.24, 2.45) is 5.92 Å². The van der Waals surface area contributed by atoms with Gasteiger partial charge in [-0.15, -0.1) is 0 Å². The zero-order valence-corrected chi connectivity index (χ0v) is 9.67. The van der Waals surface area contributed by atoms with Gasteiger partial charge in [-0.3, -0.25) is 5.32 Å². The van der Waals surface area contributed by atoms with Crippen LogP contribution < -0.4 is 5.32 Å². The molecule has 0 bridgehead atoms. The molecule has 1 aliphatic carbocycles. The summed E-state index contributed by atoms with van der Waals surface area (Å²) in [7, 11) is 0. The summed E-state index contributed by atoms with van der Waals surface area (Å²) in [5.74, 6) is 0.427. The summed E-state index contributed by atoms with van der Waals surface area (Å²) in [4.78, 5) is 11.5. The first kappa shape index (κ1) is 9.97. The Kier molecular flexibility index (Phi) is 1.96. The smallest absolute Gasteiger partial charge is 0.412 e. The van der Waals surface area contributed by atoms with E-state index in [0.29, 0.717) is 10.9 Å². The van der Waals surface area contributed by atoms with Gasteiger partial charge >= 0.3 is 6.09 Å². The second kappa shape index (κ2) is 3.14. The minimum absolute atomic E-state index is 0.371. The lowest BCUT2D eigenvalue weighted by Gasteiger charge is -2.36. The fraction of sp³-hybridized carbons (Fsp3) is 0.417. The highest BCUT2D eigenvalue weighted by Gasteiger charge is 2.49. The van der Waals surface area contributed by atoms with Gasteiger partial charge in [0.15, 0.2) is 0 Å². The molecule has 1 amide bonds. The van der Waals surface area contributed by atoms with E-state index in [9.17, 15) is 4.79 Å². The van der Waals surface area contributed by atoms with Crippen molar-refractivity contribution in [3.05, 3.63) is 28.8 Å². The molecule has 3 rings (SSSR count). The average Bonchev–Trinajstić information content (AvgIpc) is 3.02. The number of benzene rings is 1. The van der Waals surface area contributed by atoms with Gasteiger partial charge in [0, 0.05) is 16.5 Å². The Morgan fingerprint density at radius 2 is 2.25 bits per heavy atom. The summed E-state index contributed by atoms with van der Waals surface area (Å²) in [6.45, 7) is 1.97. The highest BCUT2D eigenvalue weighted by molar-refractivity contribution is 6.30. The van der Waals surface area contributed by atoms with E-state index in [0.717, 1.165) is 24.1 Å². The zero-order chi connectivity index (χ0) is 11.3. The van der Waals surface area contributed by atoms with E-state index < -0.39 is 5.60 Å². The largest absolute Gasteiger partial charge is 0.438 e. The molecule has 1 aromatic carbocycles. The third-order valence-electron chi connectivity index (χ3n) is 3.41. The third kappa shape index (κ3) is 1.39. The van der Waals surface area contributed by atoms with Crippen molar-refractivity contribution >= 4 is 23.4 Å². The number of ether oxygens (including phenoxy) is 1. The second-order valence-electron chi connectivity index (χ2n) is 4.59. The molecule has 1 N–H and O–H groups in total. The maximum atomic E-state index is 11.5. The number of cyclic esters (lactones) is 1. The number of carbonyl (C=O) groups is 1. The third-order valence-corrected chi connectivity index (χ3v) is 3.65. The average molecular weight is 238 g/mol. The van der Waals surface area contributed by atoms with Crippen LogP contribution in [0.3, 0.4) is 0 Å². The number of halogens is 1. The number of fused-ring (bicyclic) bond motifs is 1. The van der Waals surface area contributed by atoms with Crippen molar-refractivity contribution in [1.82, 2.24) is 0 Å². The molecule has 84 valence electrons. The first-order valence-corrected chi connectivity index (χ1v) is 5.77. The molecular formula is C12H12ClNO2. The molecule has 3 nitrogen and oxygen atoms in total. The predicted molar refractivity (Wildman–Crippen MR) is 61.6 cm³/mol. The normalized spacial score (nSPS) is 28.0. The number of carbonyl (C=O) groups excluding carboxylic acids is 1. The van der Waals surface area contributed by atoms with Gasteiger partial charge in [0.1, 0.15) is 5.60 Å². The molecule has 1 unspecified atom stereocenters. The molecule has 16 heavy (non-hydrogen) atoms. The van der Waals surface area contributed by atoms with E-state index in [1.807, 2.05) is 19.1 Å². The Balaban J connectivity index is 2.15. The second-order valence-corrected chi connectivity index (χ2v) is 5.02. The molecule has 0 radical (unpaired) electrons. The molecule has 0 spiro atoms. The molecular weight excluding hydrogens is 226 g/mol. The van der Waals surface area contributed by atoms with Gasteiger partial charge < -0.3 is 4.74 Å². The summed E-state index contributed by atoms with van der Waals surface area (Å²) >= 11 is 6.00.